The zero-order valence-electron chi connectivity index (χ0n) is 20.3. The lowest BCUT2D eigenvalue weighted by Gasteiger charge is -2.51. The molecular formula is C20H37N3O7Si2. The average Bonchev–Trinajstić information content (AvgIpc) is 3.01. The summed E-state index contributed by atoms with van der Waals surface area (Å²) in [7, 11) is -5.51. The number of fused-ring (bicyclic) bond motifs is 1. The molecule has 3 atom stereocenters. The topological polar surface area (TPSA) is 125 Å². The van der Waals surface area contributed by atoms with Crippen LogP contribution in [0, 0.1) is 0 Å². The van der Waals surface area contributed by atoms with E-state index >= 15 is 0 Å². The Morgan fingerprint density at radius 1 is 0.812 bits per heavy atom. The number of hydrogen-bond acceptors (Lipinski definition) is 7. The summed E-state index contributed by atoms with van der Waals surface area (Å²) in [5, 5.41) is 0. The van der Waals surface area contributed by atoms with Crippen molar-refractivity contribution < 1.29 is 17.7 Å². The van der Waals surface area contributed by atoms with Crippen LogP contribution in [0.4, 0.5) is 0 Å². The molecule has 0 unspecified atom stereocenters. The number of hydrogen-bond donors (Lipinski definition) is 2. The minimum absolute atomic E-state index is 0.160. The lowest BCUT2D eigenvalue weighted by molar-refractivity contribution is -0.0578. The van der Waals surface area contributed by atoms with Gasteiger partial charge in [-0.15, -0.1) is 0 Å². The molecule has 1 aromatic rings. The summed E-state index contributed by atoms with van der Waals surface area (Å²) >= 11 is 0. The minimum atomic E-state index is -2.81. The van der Waals surface area contributed by atoms with Gasteiger partial charge in [-0.3, -0.25) is 9.97 Å². The van der Waals surface area contributed by atoms with Gasteiger partial charge in [0.2, 0.25) is 0 Å². The van der Waals surface area contributed by atoms with Gasteiger partial charge in [-0.2, -0.15) is 0 Å². The quantitative estimate of drug-likeness (QED) is 0.611. The summed E-state index contributed by atoms with van der Waals surface area (Å²) in [4.78, 5) is 40.3. The first-order valence-electron chi connectivity index (χ1n) is 11.5. The molecule has 1 aromatic heterocycles. The van der Waals surface area contributed by atoms with Crippen molar-refractivity contribution in [2.75, 3.05) is 6.61 Å². The van der Waals surface area contributed by atoms with E-state index in [0.29, 0.717) is 6.42 Å². The van der Waals surface area contributed by atoms with Crippen LogP contribution in [0.2, 0.25) is 22.2 Å². The predicted molar refractivity (Wildman–Crippen MR) is 124 cm³/mol. The number of nitrogens with zero attached hydrogens (tertiary/aromatic N) is 1. The number of H-pyrrole nitrogens is 2. The zero-order valence-corrected chi connectivity index (χ0v) is 22.3. The van der Waals surface area contributed by atoms with Crippen LogP contribution in [0.1, 0.15) is 68.0 Å². The Kier molecular flexibility index (Phi) is 7.23. The van der Waals surface area contributed by atoms with Crippen LogP contribution in [-0.2, 0) is 17.7 Å². The molecule has 3 heterocycles. The summed E-state index contributed by atoms with van der Waals surface area (Å²) in [5.41, 5.74) is -1.73. The molecular weight excluding hydrogens is 450 g/mol. The van der Waals surface area contributed by atoms with E-state index < -0.39 is 46.5 Å². The fraction of sp³-hybridized carbons (Fsp3) is 0.850. The first kappa shape index (κ1) is 25.3. The second kappa shape index (κ2) is 9.14. The molecule has 12 heteroatoms. The number of nitrogens with one attached hydrogen (secondary N) is 2. The van der Waals surface area contributed by atoms with Crippen LogP contribution >= 0.6 is 0 Å². The Hall–Kier alpha value is -1.32. The van der Waals surface area contributed by atoms with Crippen molar-refractivity contribution in [3.8, 4) is 0 Å². The molecule has 0 bridgehead atoms. The fourth-order valence-corrected chi connectivity index (χ4v) is 16.2. The Bertz CT molecular complexity index is 934. The molecule has 0 radical (unpaired) electrons. The second-order valence-electron chi connectivity index (χ2n) is 10.1. The first-order chi connectivity index (χ1) is 14.8. The Morgan fingerprint density at radius 3 is 1.78 bits per heavy atom. The van der Waals surface area contributed by atoms with Crippen molar-refractivity contribution in [2.45, 2.75) is 102 Å². The van der Waals surface area contributed by atoms with Crippen LogP contribution < -0.4 is 17.1 Å². The lowest BCUT2D eigenvalue weighted by Crippen LogP contribution is -2.65. The van der Waals surface area contributed by atoms with Gasteiger partial charge < -0.3 is 17.7 Å². The third-order valence-corrected chi connectivity index (χ3v) is 17.0. The lowest BCUT2D eigenvalue weighted by atomic mass is 10.2. The van der Waals surface area contributed by atoms with E-state index in [-0.39, 0.29) is 34.9 Å². The summed E-state index contributed by atoms with van der Waals surface area (Å²) in [6, 6.07) is 0. The van der Waals surface area contributed by atoms with Gasteiger partial charge in [0.05, 0.1) is 12.7 Å². The monoisotopic (exact) mass is 487 g/mol. The Balaban J connectivity index is 2.06. The fourth-order valence-electron chi connectivity index (χ4n) is 4.99. The maximum atomic E-state index is 12.3. The highest BCUT2D eigenvalue weighted by Gasteiger charge is 2.60. The predicted octanol–water partition coefficient (Wildman–Crippen LogP) is 2.47. The van der Waals surface area contributed by atoms with Crippen molar-refractivity contribution in [3.63, 3.8) is 0 Å². The molecule has 3 rings (SSSR count). The molecule has 0 saturated carbocycles. The Morgan fingerprint density at radius 2 is 1.31 bits per heavy atom. The molecule has 2 aliphatic heterocycles. The van der Waals surface area contributed by atoms with Crippen LogP contribution in [0.5, 0.6) is 0 Å². The molecule has 2 N–H and O–H groups in total. The molecule has 2 aliphatic rings. The average molecular weight is 488 g/mol. The maximum Gasteiger partial charge on any atom is 0.335 e. The third-order valence-electron chi connectivity index (χ3n) is 6.69. The number of aromatic amines is 2. The van der Waals surface area contributed by atoms with Gasteiger partial charge in [0, 0.05) is 6.42 Å². The normalized spacial score (nSPS) is 27.7. The number of aromatic nitrogens is 3. The number of ether oxygens (including phenoxy) is 1. The Labute approximate surface area is 190 Å². The minimum Gasteiger partial charge on any atom is -0.414 e. The second-order valence-corrected chi connectivity index (χ2v) is 18.9. The van der Waals surface area contributed by atoms with E-state index in [1.54, 1.807) is 0 Å². The first-order valence-corrected chi connectivity index (χ1v) is 15.4. The van der Waals surface area contributed by atoms with Crippen molar-refractivity contribution in [3.05, 3.63) is 31.5 Å². The summed E-state index contributed by atoms with van der Waals surface area (Å²) in [6.45, 7) is 17.4. The summed E-state index contributed by atoms with van der Waals surface area (Å²) in [6.07, 6.45) is -1.41. The summed E-state index contributed by atoms with van der Waals surface area (Å²) < 4.78 is 27.7. The highest BCUT2D eigenvalue weighted by molar-refractivity contribution is 6.83. The smallest absolute Gasteiger partial charge is 0.335 e. The van der Waals surface area contributed by atoms with Gasteiger partial charge in [0.25, 0.3) is 0 Å². The SMILES string of the molecule is CC(C)[Si]1(C(C)C)OC[C@H]2O[C@@H](n3c(=O)[nH]c(=O)[nH]c3=O)C[C@@H]2O[Si](C(C)C)(C(C)C)O1. The molecule has 0 aromatic carbocycles. The maximum absolute atomic E-state index is 12.3. The van der Waals surface area contributed by atoms with Gasteiger partial charge in [-0.05, 0) is 22.2 Å². The van der Waals surface area contributed by atoms with E-state index in [1.165, 1.54) is 0 Å². The largest absolute Gasteiger partial charge is 0.414 e. The van der Waals surface area contributed by atoms with E-state index in [9.17, 15) is 14.4 Å². The summed E-state index contributed by atoms with van der Waals surface area (Å²) in [5.74, 6) is 0. The van der Waals surface area contributed by atoms with E-state index in [2.05, 4.69) is 65.4 Å². The molecule has 0 aliphatic carbocycles. The van der Waals surface area contributed by atoms with Crippen molar-refractivity contribution in [2.24, 2.45) is 0 Å². The van der Waals surface area contributed by atoms with Crippen LogP contribution in [-0.4, -0.2) is 50.5 Å². The molecule has 10 nitrogen and oxygen atoms in total. The van der Waals surface area contributed by atoms with E-state index in [1.807, 2.05) is 0 Å². The van der Waals surface area contributed by atoms with Gasteiger partial charge in [0.1, 0.15) is 12.3 Å². The highest BCUT2D eigenvalue weighted by Crippen LogP contribution is 2.48. The van der Waals surface area contributed by atoms with Crippen LogP contribution in [0.15, 0.2) is 14.4 Å². The molecule has 2 saturated heterocycles. The van der Waals surface area contributed by atoms with Crippen LogP contribution in [0.3, 0.4) is 0 Å². The van der Waals surface area contributed by atoms with Gasteiger partial charge in [0.15, 0.2) is 0 Å². The zero-order chi connectivity index (χ0) is 24.0. The van der Waals surface area contributed by atoms with Crippen molar-refractivity contribution in [1.29, 1.82) is 0 Å². The standard InChI is InChI=1S/C20H37N3O7Si2/c1-11(2)31(12(3)4)27-10-16-15(29-32(30-31,13(5)6)14(7)8)9-17(28-16)23-19(25)21-18(24)22-20(23)26/h11-17H,9-10H2,1-8H3,(H2,21,22,24,25,26)/t15-,16+,17+/m0/s1. The van der Waals surface area contributed by atoms with Crippen molar-refractivity contribution >= 4 is 17.1 Å². The third kappa shape index (κ3) is 4.28. The van der Waals surface area contributed by atoms with Gasteiger partial charge >= 0.3 is 34.2 Å². The van der Waals surface area contributed by atoms with Gasteiger partial charge in [-0.1, -0.05) is 55.4 Å². The van der Waals surface area contributed by atoms with E-state index in [4.69, 9.17) is 17.7 Å². The molecule has 0 amide bonds. The number of rotatable bonds is 5. The molecule has 2 fully saturated rings. The molecule has 182 valence electrons. The van der Waals surface area contributed by atoms with Crippen molar-refractivity contribution in [1.82, 2.24) is 14.5 Å². The molecule has 32 heavy (non-hydrogen) atoms. The van der Waals surface area contributed by atoms with Gasteiger partial charge in [-0.25, -0.2) is 19.0 Å². The van der Waals surface area contributed by atoms with E-state index in [0.717, 1.165) is 4.57 Å². The highest BCUT2D eigenvalue weighted by atomic mass is 28.5. The van der Waals surface area contributed by atoms with Crippen LogP contribution in [0.25, 0.3) is 0 Å². The molecule has 0 spiro atoms.